The van der Waals surface area contributed by atoms with E-state index in [9.17, 15) is 12.8 Å². The van der Waals surface area contributed by atoms with Gasteiger partial charge in [-0.3, -0.25) is 0 Å². The van der Waals surface area contributed by atoms with E-state index in [0.29, 0.717) is 12.3 Å². The van der Waals surface area contributed by atoms with Crippen LogP contribution in [-0.4, -0.2) is 14.5 Å². The number of benzene rings is 1. The third-order valence-corrected chi connectivity index (χ3v) is 4.98. The molecule has 0 saturated heterocycles. The zero-order valence-corrected chi connectivity index (χ0v) is 13.4. The van der Waals surface area contributed by atoms with Crippen LogP contribution in [0.4, 0.5) is 10.1 Å². The molecule has 0 amide bonds. The molecule has 1 aromatic carbocycles. The largest absolute Gasteiger partial charge is 0.399 e. The van der Waals surface area contributed by atoms with E-state index in [-0.39, 0.29) is 16.8 Å². The van der Waals surface area contributed by atoms with Gasteiger partial charge in [-0.1, -0.05) is 31.9 Å². The van der Waals surface area contributed by atoms with Gasteiger partial charge in [-0.25, -0.2) is 17.5 Å². The first-order valence-corrected chi connectivity index (χ1v) is 8.30. The normalized spacial score (nSPS) is 15.1. The Labute approximate surface area is 124 Å². The number of nitrogens with two attached hydrogens (primary N) is 1. The summed E-state index contributed by atoms with van der Waals surface area (Å²) in [6.07, 6.45) is 1.62. The molecule has 0 fully saturated rings. The average molecular weight is 323 g/mol. The molecule has 1 aromatic rings. The number of nitrogen functional groups attached to an aromatic ring is 1. The third-order valence-electron chi connectivity index (χ3n) is 3.12. The van der Waals surface area contributed by atoms with Crippen molar-refractivity contribution in [3.8, 4) is 0 Å². The van der Waals surface area contributed by atoms with Gasteiger partial charge in [0.05, 0.1) is 5.02 Å². The van der Waals surface area contributed by atoms with Crippen LogP contribution >= 0.6 is 11.6 Å². The van der Waals surface area contributed by atoms with Crippen molar-refractivity contribution in [2.24, 2.45) is 5.92 Å². The van der Waals surface area contributed by atoms with E-state index >= 15 is 0 Å². The molecule has 114 valence electrons. The highest BCUT2D eigenvalue weighted by Gasteiger charge is 2.24. The summed E-state index contributed by atoms with van der Waals surface area (Å²) in [5, 5.41) is -0.306. The first kappa shape index (κ1) is 17.2. The van der Waals surface area contributed by atoms with Crippen LogP contribution in [0.25, 0.3) is 0 Å². The van der Waals surface area contributed by atoms with Crippen molar-refractivity contribution in [1.29, 1.82) is 0 Å². The minimum absolute atomic E-state index is 0.103. The van der Waals surface area contributed by atoms with Gasteiger partial charge in [-0.15, -0.1) is 0 Å². The summed E-state index contributed by atoms with van der Waals surface area (Å²) in [7, 11) is -3.98. The number of halogens is 2. The molecule has 0 bridgehead atoms. The van der Waals surface area contributed by atoms with Crippen LogP contribution in [0.1, 0.15) is 33.6 Å². The van der Waals surface area contributed by atoms with Gasteiger partial charge in [0.1, 0.15) is 4.90 Å². The molecule has 0 aliphatic carbocycles. The van der Waals surface area contributed by atoms with Crippen molar-refractivity contribution >= 4 is 27.3 Å². The Hall–Kier alpha value is -0.850. The Morgan fingerprint density at radius 2 is 2.00 bits per heavy atom. The Balaban J connectivity index is 3.00. The van der Waals surface area contributed by atoms with Gasteiger partial charge in [0.15, 0.2) is 5.82 Å². The summed E-state index contributed by atoms with van der Waals surface area (Å²) < 4.78 is 40.6. The fraction of sp³-hybridized carbons (Fsp3) is 0.538. The number of rotatable bonds is 6. The molecule has 0 saturated carbocycles. The molecule has 20 heavy (non-hydrogen) atoms. The monoisotopic (exact) mass is 322 g/mol. The summed E-state index contributed by atoms with van der Waals surface area (Å²) >= 11 is 5.62. The van der Waals surface area contributed by atoms with Gasteiger partial charge < -0.3 is 5.73 Å². The zero-order chi connectivity index (χ0) is 15.5. The van der Waals surface area contributed by atoms with Crippen molar-refractivity contribution < 1.29 is 12.8 Å². The fourth-order valence-corrected chi connectivity index (χ4v) is 3.60. The molecule has 1 rings (SSSR count). The average Bonchev–Trinajstić information content (AvgIpc) is 2.32. The molecular weight excluding hydrogens is 303 g/mol. The maximum atomic E-state index is 13.8. The van der Waals surface area contributed by atoms with E-state index in [2.05, 4.69) is 4.72 Å². The number of hydrogen-bond donors (Lipinski definition) is 2. The lowest BCUT2D eigenvalue weighted by Gasteiger charge is -2.18. The van der Waals surface area contributed by atoms with Crippen molar-refractivity contribution in [3.05, 3.63) is 23.0 Å². The maximum Gasteiger partial charge on any atom is 0.243 e. The zero-order valence-electron chi connectivity index (χ0n) is 11.8. The Morgan fingerprint density at radius 3 is 2.55 bits per heavy atom. The smallest absolute Gasteiger partial charge is 0.243 e. The highest BCUT2D eigenvalue weighted by Crippen LogP contribution is 2.26. The number of anilines is 1. The number of nitrogens with one attached hydrogen (secondary N) is 1. The van der Waals surface area contributed by atoms with Gasteiger partial charge in [0.2, 0.25) is 10.0 Å². The molecule has 0 spiro atoms. The Kier molecular flexibility index (Phi) is 5.79. The van der Waals surface area contributed by atoms with E-state index in [1.807, 2.05) is 13.8 Å². The highest BCUT2D eigenvalue weighted by molar-refractivity contribution is 7.89. The molecule has 0 aliphatic heterocycles. The van der Waals surface area contributed by atoms with Crippen LogP contribution in [0.2, 0.25) is 5.02 Å². The van der Waals surface area contributed by atoms with Crippen LogP contribution in [-0.2, 0) is 10.0 Å². The summed E-state index contributed by atoms with van der Waals surface area (Å²) in [5.74, 6) is -0.605. The van der Waals surface area contributed by atoms with Crippen LogP contribution < -0.4 is 10.5 Å². The minimum atomic E-state index is -3.98. The molecule has 0 heterocycles. The Bertz CT molecular complexity index is 578. The molecule has 2 atom stereocenters. The number of hydrogen-bond acceptors (Lipinski definition) is 3. The lowest BCUT2D eigenvalue weighted by atomic mass is 10.0. The second-order valence-electron chi connectivity index (χ2n) is 5.09. The molecule has 0 aromatic heterocycles. The van der Waals surface area contributed by atoms with Gasteiger partial charge in [0, 0.05) is 11.7 Å². The predicted molar refractivity (Wildman–Crippen MR) is 79.7 cm³/mol. The molecule has 4 nitrogen and oxygen atoms in total. The SMILES string of the molecule is CCC(C)CC(C)NS(=O)(=O)c1cc(N)cc(Cl)c1F. The quantitative estimate of drug-likeness (QED) is 0.790. The Morgan fingerprint density at radius 1 is 1.40 bits per heavy atom. The van der Waals surface area contributed by atoms with Crippen molar-refractivity contribution in [2.45, 2.75) is 44.6 Å². The van der Waals surface area contributed by atoms with Crippen molar-refractivity contribution in [3.63, 3.8) is 0 Å². The molecule has 0 aliphatic rings. The lowest BCUT2D eigenvalue weighted by molar-refractivity contribution is 0.444. The van der Waals surface area contributed by atoms with E-state index in [0.717, 1.165) is 12.5 Å². The van der Waals surface area contributed by atoms with Crippen molar-refractivity contribution in [2.75, 3.05) is 5.73 Å². The molecule has 7 heteroatoms. The van der Waals surface area contributed by atoms with Crippen LogP contribution in [0.5, 0.6) is 0 Å². The first-order valence-electron chi connectivity index (χ1n) is 6.44. The number of sulfonamides is 1. The van der Waals surface area contributed by atoms with Crippen LogP contribution in [0.15, 0.2) is 17.0 Å². The van der Waals surface area contributed by atoms with Crippen molar-refractivity contribution in [1.82, 2.24) is 4.72 Å². The van der Waals surface area contributed by atoms with Gasteiger partial charge in [-0.05, 0) is 31.4 Å². The molecule has 3 N–H and O–H groups in total. The first-order chi connectivity index (χ1) is 9.17. The summed E-state index contributed by atoms with van der Waals surface area (Å²) in [4.78, 5) is -0.515. The molecular formula is C13H20ClFN2O2S. The second kappa shape index (κ2) is 6.74. The summed E-state index contributed by atoms with van der Waals surface area (Å²) in [6.45, 7) is 5.81. The van der Waals surface area contributed by atoms with Gasteiger partial charge in [-0.2, -0.15) is 0 Å². The topological polar surface area (TPSA) is 72.2 Å². The van der Waals surface area contributed by atoms with Gasteiger partial charge in [0.25, 0.3) is 0 Å². The van der Waals surface area contributed by atoms with E-state index in [4.69, 9.17) is 17.3 Å². The fourth-order valence-electron chi connectivity index (χ4n) is 1.93. The summed E-state index contributed by atoms with van der Waals surface area (Å²) in [6, 6.07) is 1.95. The lowest BCUT2D eigenvalue weighted by Crippen LogP contribution is -2.34. The van der Waals surface area contributed by atoms with E-state index in [1.54, 1.807) is 6.92 Å². The molecule has 2 unspecified atom stereocenters. The van der Waals surface area contributed by atoms with Gasteiger partial charge >= 0.3 is 0 Å². The second-order valence-corrected chi connectivity index (χ2v) is 7.18. The van der Waals surface area contributed by atoms with Crippen LogP contribution in [0, 0.1) is 11.7 Å². The van der Waals surface area contributed by atoms with Crippen LogP contribution in [0.3, 0.4) is 0 Å². The predicted octanol–water partition coefficient (Wildman–Crippen LogP) is 3.16. The summed E-state index contributed by atoms with van der Waals surface area (Å²) in [5.41, 5.74) is 5.62. The standard InChI is InChI=1S/C13H20ClFN2O2S/c1-4-8(2)5-9(3)17-20(18,19)12-7-10(16)6-11(14)13(12)15/h6-9,17H,4-5,16H2,1-3H3. The maximum absolute atomic E-state index is 13.8. The van der Waals surface area contributed by atoms with E-state index in [1.165, 1.54) is 6.07 Å². The minimum Gasteiger partial charge on any atom is -0.399 e. The van der Waals surface area contributed by atoms with E-state index < -0.39 is 20.7 Å². The third kappa shape index (κ3) is 4.33. The highest BCUT2D eigenvalue weighted by atomic mass is 35.5. The molecule has 0 radical (unpaired) electrons.